The molecule has 0 aromatic carbocycles. The molecule has 3 heteroatoms. The Balaban J connectivity index is 2.06. The average molecular weight is 198 g/mol. The zero-order valence-corrected chi connectivity index (χ0v) is 9.09. The van der Waals surface area contributed by atoms with Gasteiger partial charge in [-0.05, 0) is 31.6 Å². The van der Waals surface area contributed by atoms with Crippen molar-refractivity contribution in [1.82, 2.24) is 5.43 Å². The lowest BCUT2D eigenvalue weighted by Gasteiger charge is -2.42. The largest absolute Gasteiger partial charge is 0.377 e. The van der Waals surface area contributed by atoms with Gasteiger partial charge in [-0.1, -0.05) is 19.3 Å². The molecule has 1 atom stereocenters. The van der Waals surface area contributed by atoms with Crippen LogP contribution in [-0.2, 0) is 4.74 Å². The van der Waals surface area contributed by atoms with Crippen molar-refractivity contribution in [3.63, 3.8) is 0 Å². The Morgan fingerprint density at radius 2 is 1.93 bits per heavy atom. The van der Waals surface area contributed by atoms with Crippen LogP contribution in [0, 0.1) is 5.92 Å². The van der Waals surface area contributed by atoms with E-state index in [1.807, 2.05) is 7.11 Å². The normalized spacial score (nSPS) is 28.7. The van der Waals surface area contributed by atoms with Gasteiger partial charge in [0.15, 0.2) is 0 Å². The van der Waals surface area contributed by atoms with Gasteiger partial charge in [0.25, 0.3) is 0 Å². The van der Waals surface area contributed by atoms with Crippen molar-refractivity contribution < 1.29 is 4.74 Å². The maximum absolute atomic E-state index is 5.79. The lowest BCUT2D eigenvalue weighted by atomic mass is 9.77. The van der Waals surface area contributed by atoms with Crippen LogP contribution in [0.1, 0.15) is 44.9 Å². The van der Waals surface area contributed by atoms with E-state index in [9.17, 15) is 0 Å². The third-order valence-corrected chi connectivity index (χ3v) is 3.95. The van der Waals surface area contributed by atoms with Gasteiger partial charge in [-0.2, -0.15) is 0 Å². The lowest BCUT2D eigenvalue weighted by Crippen LogP contribution is -2.56. The molecule has 0 bridgehead atoms. The summed E-state index contributed by atoms with van der Waals surface area (Å²) < 4.78 is 5.79. The Bertz CT molecular complexity index is 186. The molecule has 0 saturated heterocycles. The third-order valence-electron chi connectivity index (χ3n) is 3.95. The maximum atomic E-state index is 5.79. The molecule has 2 saturated carbocycles. The number of rotatable bonds is 4. The van der Waals surface area contributed by atoms with Crippen LogP contribution >= 0.6 is 0 Å². The Hall–Kier alpha value is -0.120. The fourth-order valence-corrected chi connectivity index (χ4v) is 2.94. The SMILES string of the molecule is COC1(C(NN)C2CC2)CCCCC1. The van der Waals surface area contributed by atoms with Crippen LogP contribution in [0.5, 0.6) is 0 Å². The first-order valence-electron chi connectivity index (χ1n) is 5.84. The Kier molecular flexibility index (Phi) is 3.10. The Morgan fingerprint density at radius 3 is 2.36 bits per heavy atom. The first kappa shape index (κ1) is 10.4. The second-order valence-electron chi connectivity index (χ2n) is 4.81. The highest BCUT2D eigenvalue weighted by molar-refractivity contribution is 5.01. The van der Waals surface area contributed by atoms with E-state index in [1.165, 1.54) is 44.9 Å². The van der Waals surface area contributed by atoms with Gasteiger partial charge in [0.1, 0.15) is 0 Å². The molecule has 3 N–H and O–H groups in total. The number of hydrazine groups is 1. The van der Waals surface area contributed by atoms with Crippen molar-refractivity contribution in [2.24, 2.45) is 11.8 Å². The lowest BCUT2D eigenvalue weighted by molar-refractivity contribution is -0.0728. The van der Waals surface area contributed by atoms with Crippen molar-refractivity contribution in [3.8, 4) is 0 Å². The minimum Gasteiger partial charge on any atom is -0.377 e. The molecule has 0 aromatic rings. The first-order valence-corrected chi connectivity index (χ1v) is 5.84. The molecule has 2 rings (SSSR count). The van der Waals surface area contributed by atoms with E-state index in [2.05, 4.69) is 5.43 Å². The fraction of sp³-hybridized carbons (Fsp3) is 1.00. The van der Waals surface area contributed by atoms with Crippen molar-refractivity contribution in [3.05, 3.63) is 0 Å². The van der Waals surface area contributed by atoms with Gasteiger partial charge in [0.2, 0.25) is 0 Å². The maximum Gasteiger partial charge on any atom is 0.0847 e. The van der Waals surface area contributed by atoms with Gasteiger partial charge in [0.05, 0.1) is 11.6 Å². The molecule has 2 aliphatic rings. The van der Waals surface area contributed by atoms with Crippen LogP contribution in [0.15, 0.2) is 0 Å². The number of hydrogen-bond acceptors (Lipinski definition) is 3. The van der Waals surface area contributed by atoms with Gasteiger partial charge < -0.3 is 4.74 Å². The van der Waals surface area contributed by atoms with Gasteiger partial charge in [0, 0.05) is 7.11 Å². The second kappa shape index (κ2) is 4.17. The van der Waals surface area contributed by atoms with Crippen LogP contribution in [0.25, 0.3) is 0 Å². The van der Waals surface area contributed by atoms with Crippen LogP contribution in [-0.4, -0.2) is 18.8 Å². The zero-order valence-electron chi connectivity index (χ0n) is 9.09. The molecular weight excluding hydrogens is 176 g/mol. The highest BCUT2D eigenvalue weighted by Gasteiger charge is 2.46. The van der Waals surface area contributed by atoms with Crippen molar-refractivity contribution in [1.29, 1.82) is 0 Å². The highest BCUT2D eigenvalue weighted by atomic mass is 16.5. The number of hydrogen-bond donors (Lipinski definition) is 2. The van der Waals surface area contributed by atoms with E-state index < -0.39 is 0 Å². The molecular formula is C11H22N2O. The average Bonchev–Trinajstić information content (AvgIpc) is 3.05. The molecule has 0 aliphatic heterocycles. The van der Waals surface area contributed by atoms with E-state index in [0.29, 0.717) is 6.04 Å². The van der Waals surface area contributed by atoms with Crippen LogP contribution < -0.4 is 11.3 Å². The molecule has 0 heterocycles. The summed E-state index contributed by atoms with van der Waals surface area (Å²) in [5, 5.41) is 0. The highest BCUT2D eigenvalue weighted by Crippen LogP contribution is 2.43. The van der Waals surface area contributed by atoms with Gasteiger partial charge in [-0.3, -0.25) is 11.3 Å². The van der Waals surface area contributed by atoms with Crippen molar-refractivity contribution in [2.45, 2.75) is 56.6 Å². The molecule has 1 unspecified atom stereocenters. The number of methoxy groups -OCH3 is 1. The van der Waals surface area contributed by atoms with E-state index in [-0.39, 0.29) is 5.60 Å². The standard InChI is InChI=1S/C11H22N2O/c1-14-11(7-3-2-4-8-11)10(13-12)9-5-6-9/h9-10,13H,2-8,12H2,1H3. The Labute approximate surface area is 86.4 Å². The molecule has 82 valence electrons. The predicted molar refractivity (Wildman–Crippen MR) is 56.7 cm³/mol. The summed E-state index contributed by atoms with van der Waals surface area (Å²) in [4.78, 5) is 0. The van der Waals surface area contributed by atoms with Crippen LogP contribution in [0.4, 0.5) is 0 Å². The summed E-state index contributed by atoms with van der Waals surface area (Å²) in [5.41, 5.74) is 3.04. The van der Waals surface area contributed by atoms with Crippen LogP contribution in [0.3, 0.4) is 0 Å². The first-order chi connectivity index (χ1) is 6.82. The smallest absolute Gasteiger partial charge is 0.0847 e. The number of nitrogens with one attached hydrogen (secondary N) is 1. The van der Waals surface area contributed by atoms with Crippen molar-refractivity contribution in [2.75, 3.05) is 7.11 Å². The summed E-state index contributed by atoms with van der Waals surface area (Å²) >= 11 is 0. The fourth-order valence-electron chi connectivity index (χ4n) is 2.94. The zero-order chi connectivity index (χ0) is 10.0. The van der Waals surface area contributed by atoms with E-state index in [4.69, 9.17) is 10.6 Å². The molecule has 3 nitrogen and oxygen atoms in total. The summed E-state index contributed by atoms with van der Waals surface area (Å²) in [7, 11) is 1.85. The molecule has 2 aliphatic carbocycles. The van der Waals surface area contributed by atoms with E-state index in [0.717, 1.165) is 5.92 Å². The summed E-state index contributed by atoms with van der Waals surface area (Å²) in [6.45, 7) is 0. The van der Waals surface area contributed by atoms with Crippen molar-refractivity contribution >= 4 is 0 Å². The molecule has 0 spiro atoms. The Morgan fingerprint density at radius 1 is 1.29 bits per heavy atom. The summed E-state index contributed by atoms with van der Waals surface area (Å²) in [5.74, 6) is 6.44. The summed E-state index contributed by atoms with van der Waals surface area (Å²) in [6.07, 6.45) is 8.92. The number of nitrogens with two attached hydrogens (primary N) is 1. The molecule has 0 radical (unpaired) electrons. The van der Waals surface area contributed by atoms with Gasteiger partial charge in [-0.15, -0.1) is 0 Å². The molecule has 14 heavy (non-hydrogen) atoms. The van der Waals surface area contributed by atoms with E-state index >= 15 is 0 Å². The van der Waals surface area contributed by atoms with Gasteiger partial charge in [-0.25, -0.2) is 0 Å². The minimum atomic E-state index is 0.0359. The second-order valence-corrected chi connectivity index (χ2v) is 4.81. The topological polar surface area (TPSA) is 47.3 Å². The predicted octanol–water partition coefficient (Wildman–Crippen LogP) is 1.58. The van der Waals surface area contributed by atoms with Crippen LogP contribution in [0.2, 0.25) is 0 Å². The molecule has 2 fully saturated rings. The van der Waals surface area contributed by atoms with E-state index in [1.54, 1.807) is 0 Å². The minimum absolute atomic E-state index is 0.0359. The quantitative estimate of drug-likeness (QED) is 0.532. The molecule has 0 aromatic heterocycles. The summed E-state index contributed by atoms with van der Waals surface area (Å²) in [6, 6.07) is 0.382. The van der Waals surface area contributed by atoms with Gasteiger partial charge >= 0.3 is 0 Å². The monoisotopic (exact) mass is 198 g/mol. The molecule has 0 amide bonds. The third kappa shape index (κ3) is 1.81. The number of ether oxygens (including phenoxy) is 1.